The fourth-order valence-corrected chi connectivity index (χ4v) is 3.99. The Morgan fingerprint density at radius 1 is 1.06 bits per heavy atom. The van der Waals surface area contributed by atoms with Crippen LogP contribution >= 0.6 is 35.0 Å². The molecule has 1 rings (SSSR count). The molecular formula is C22H33Cl2N3O4S. The van der Waals surface area contributed by atoms with E-state index in [1.54, 1.807) is 18.7 Å². The van der Waals surface area contributed by atoms with E-state index in [9.17, 15) is 14.4 Å². The van der Waals surface area contributed by atoms with Gasteiger partial charge in [0.2, 0.25) is 11.8 Å². The lowest BCUT2D eigenvalue weighted by Crippen LogP contribution is -2.52. The number of anilines is 1. The smallest absolute Gasteiger partial charge is 0.328 e. The van der Waals surface area contributed by atoms with Gasteiger partial charge in [-0.3, -0.25) is 9.59 Å². The van der Waals surface area contributed by atoms with Crippen LogP contribution in [0.3, 0.4) is 0 Å². The second-order valence-corrected chi connectivity index (χ2v) is 8.82. The molecule has 10 heteroatoms. The first-order chi connectivity index (χ1) is 15.4. The van der Waals surface area contributed by atoms with Crippen molar-refractivity contribution in [2.45, 2.75) is 38.8 Å². The second kappa shape index (κ2) is 16.0. The lowest BCUT2D eigenvalue weighted by atomic mass is 10.0. The number of nitrogens with one attached hydrogen (secondary N) is 2. The number of rotatable bonds is 15. The number of amides is 2. The van der Waals surface area contributed by atoms with E-state index in [1.807, 2.05) is 30.5 Å². The molecule has 2 amide bonds. The van der Waals surface area contributed by atoms with Gasteiger partial charge in [0.15, 0.2) is 0 Å². The number of thioether (sulfide) groups is 1. The minimum atomic E-state index is -0.814. The molecule has 180 valence electrons. The molecule has 0 spiro atoms. The van der Waals surface area contributed by atoms with Gasteiger partial charge in [0.25, 0.3) is 0 Å². The topological polar surface area (TPSA) is 87.7 Å². The number of alkyl halides is 2. The maximum atomic E-state index is 12.9. The van der Waals surface area contributed by atoms with Crippen LogP contribution in [0.25, 0.3) is 0 Å². The third-order valence-corrected chi connectivity index (χ3v) is 5.62. The van der Waals surface area contributed by atoms with Gasteiger partial charge in [-0.05, 0) is 43.0 Å². The Labute approximate surface area is 204 Å². The largest absolute Gasteiger partial charge is 0.464 e. The average Bonchev–Trinajstić information content (AvgIpc) is 2.76. The number of ether oxygens (including phenoxy) is 1. The van der Waals surface area contributed by atoms with Crippen LogP contribution in [0.5, 0.6) is 0 Å². The molecule has 0 aromatic heterocycles. The Balaban J connectivity index is 2.93. The van der Waals surface area contributed by atoms with Gasteiger partial charge >= 0.3 is 5.97 Å². The van der Waals surface area contributed by atoms with Crippen molar-refractivity contribution in [1.82, 2.24) is 10.6 Å². The van der Waals surface area contributed by atoms with Gasteiger partial charge in [-0.15, -0.1) is 23.2 Å². The predicted molar refractivity (Wildman–Crippen MR) is 133 cm³/mol. The van der Waals surface area contributed by atoms with Crippen LogP contribution < -0.4 is 15.5 Å². The first-order valence-corrected chi connectivity index (χ1v) is 13.0. The molecule has 0 heterocycles. The van der Waals surface area contributed by atoms with Gasteiger partial charge in [0, 0.05) is 43.9 Å². The van der Waals surface area contributed by atoms with Crippen LogP contribution in [-0.2, 0) is 25.5 Å². The first kappa shape index (κ1) is 28.4. The van der Waals surface area contributed by atoms with Crippen molar-refractivity contribution < 1.29 is 19.1 Å². The summed E-state index contributed by atoms with van der Waals surface area (Å²) in [6.07, 6.45) is 2.66. The van der Waals surface area contributed by atoms with Gasteiger partial charge in [-0.2, -0.15) is 11.8 Å². The molecule has 0 aliphatic carbocycles. The molecule has 1 aromatic carbocycles. The molecule has 1 aromatic rings. The quantitative estimate of drug-likeness (QED) is 0.281. The summed E-state index contributed by atoms with van der Waals surface area (Å²) in [6, 6.07) is 6.13. The molecule has 0 fully saturated rings. The van der Waals surface area contributed by atoms with Crippen molar-refractivity contribution in [3.8, 4) is 0 Å². The number of halogens is 2. The third-order valence-electron chi connectivity index (χ3n) is 4.64. The highest BCUT2D eigenvalue weighted by Gasteiger charge is 2.27. The molecule has 0 aliphatic rings. The van der Waals surface area contributed by atoms with E-state index in [4.69, 9.17) is 27.9 Å². The fraction of sp³-hybridized carbons (Fsp3) is 0.591. The van der Waals surface area contributed by atoms with Crippen molar-refractivity contribution in [1.29, 1.82) is 0 Å². The van der Waals surface area contributed by atoms with Crippen LogP contribution in [0.1, 0.15) is 25.8 Å². The molecule has 0 radical (unpaired) electrons. The number of carbonyl (C=O) groups is 3. The van der Waals surface area contributed by atoms with E-state index in [-0.39, 0.29) is 18.9 Å². The Hall–Kier alpha value is -1.64. The van der Waals surface area contributed by atoms with Gasteiger partial charge in [0.05, 0.1) is 6.61 Å². The zero-order valence-electron chi connectivity index (χ0n) is 18.9. The molecule has 0 bridgehead atoms. The number of hydrogen-bond acceptors (Lipinski definition) is 6. The molecular weight excluding hydrogens is 473 g/mol. The molecule has 32 heavy (non-hydrogen) atoms. The maximum Gasteiger partial charge on any atom is 0.328 e. The summed E-state index contributed by atoms with van der Waals surface area (Å²) in [4.78, 5) is 39.0. The van der Waals surface area contributed by atoms with Gasteiger partial charge in [-0.1, -0.05) is 12.1 Å². The molecule has 0 aliphatic heterocycles. The number of nitrogens with zero attached hydrogens (tertiary/aromatic N) is 1. The van der Waals surface area contributed by atoms with E-state index in [0.717, 1.165) is 11.3 Å². The highest BCUT2D eigenvalue weighted by molar-refractivity contribution is 7.98. The summed E-state index contributed by atoms with van der Waals surface area (Å²) < 4.78 is 5.08. The first-order valence-electron chi connectivity index (χ1n) is 10.5. The normalized spacial score (nSPS) is 12.5. The zero-order valence-corrected chi connectivity index (χ0v) is 21.2. The highest BCUT2D eigenvalue weighted by Crippen LogP contribution is 2.17. The van der Waals surface area contributed by atoms with Gasteiger partial charge in [-0.25, -0.2) is 4.79 Å². The standard InChI is InChI=1S/C22H33Cl2N3O4S/c1-4-31-22(30)19(9-14-32-3)26-21(29)20(25-16(2)28)15-17-5-7-18(8-6-17)27(12-10-23)13-11-24/h5-8,19-20H,4,9-15H2,1-3H3,(H,25,28)(H,26,29)/t19-,20+/m1/s1. The van der Waals surface area contributed by atoms with Crippen LogP contribution in [0, 0.1) is 0 Å². The molecule has 0 unspecified atom stereocenters. The summed E-state index contributed by atoms with van der Waals surface area (Å²) in [5.41, 5.74) is 1.85. The average molecular weight is 506 g/mol. The van der Waals surface area contributed by atoms with E-state index < -0.39 is 24.0 Å². The van der Waals surface area contributed by atoms with Crippen molar-refractivity contribution >= 4 is 58.4 Å². The lowest BCUT2D eigenvalue weighted by molar-refractivity contribution is -0.147. The summed E-state index contributed by atoms with van der Waals surface area (Å²) in [5.74, 6) is 0.447. The SMILES string of the molecule is CCOC(=O)[C@@H](CCSC)NC(=O)[C@H](Cc1ccc(N(CCCl)CCCl)cc1)NC(C)=O. The van der Waals surface area contributed by atoms with Crippen molar-refractivity contribution in [2.24, 2.45) is 0 Å². The number of benzene rings is 1. The number of esters is 1. The Morgan fingerprint density at radius 3 is 2.19 bits per heavy atom. The van der Waals surface area contributed by atoms with E-state index >= 15 is 0 Å². The Kier molecular flexibility index (Phi) is 14.2. The van der Waals surface area contributed by atoms with E-state index in [2.05, 4.69) is 15.5 Å². The molecule has 0 saturated carbocycles. The second-order valence-electron chi connectivity index (χ2n) is 7.08. The van der Waals surface area contributed by atoms with E-state index in [1.165, 1.54) is 6.92 Å². The molecule has 2 atom stereocenters. The summed E-state index contributed by atoms with van der Waals surface area (Å²) in [6.45, 7) is 4.66. The summed E-state index contributed by atoms with van der Waals surface area (Å²) in [5, 5.41) is 5.43. The highest BCUT2D eigenvalue weighted by atomic mass is 35.5. The van der Waals surface area contributed by atoms with Crippen molar-refractivity contribution in [3.05, 3.63) is 29.8 Å². The number of carbonyl (C=O) groups excluding carboxylic acids is 3. The van der Waals surface area contributed by atoms with Crippen LogP contribution in [0.4, 0.5) is 5.69 Å². The predicted octanol–water partition coefficient (Wildman–Crippen LogP) is 2.82. The van der Waals surface area contributed by atoms with Crippen molar-refractivity contribution in [2.75, 3.05) is 48.4 Å². The maximum absolute atomic E-state index is 12.9. The minimum absolute atomic E-state index is 0.233. The third kappa shape index (κ3) is 10.3. The van der Waals surface area contributed by atoms with Gasteiger partial charge < -0.3 is 20.3 Å². The molecule has 7 nitrogen and oxygen atoms in total. The van der Waals surface area contributed by atoms with Gasteiger partial charge in [0.1, 0.15) is 12.1 Å². The van der Waals surface area contributed by atoms with Crippen molar-refractivity contribution in [3.63, 3.8) is 0 Å². The lowest BCUT2D eigenvalue weighted by Gasteiger charge is -2.24. The monoisotopic (exact) mass is 505 g/mol. The minimum Gasteiger partial charge on any atom is -0.464 e. The number of hydrogen-bond donors (Lipinski definition) is 2. The summed E-state index contributed by atoms with van der Waals surface area (Å²) >= 11 is 13.3. The zero-order chi connectivity index (χ0) is 23.9. The molecule has 2 N–H and O–H groups in total. The Morgan fingerprint density at radius 2 is 1.69 bits per heavy atom. The van der Waals surface area contributed by atoms with Crippen LogP contribution in [-0.4, -0.2) is 73.3 Å². The Bertz CT molecular complexity index is 716. The molecule has 0 saturated heterocycles. The van der Waals surface area contributed by atoms with Crippen LogP contribution in [0.2, 0.25) is 0 Å². The summed E-state index contributed by atoms with van der Waals surface area (Å²) in [7, 11) is 0. The van der Waals surface area contributed by atoms with E-state index in [0.29, 0.717) is 37.0 Å². The fourth-order valence-electron chi connectivity index (χ4n) is 3.11. The van der Waals surface area contributed by atoms with Crippen LogP contribution in [0.15, 0.2) is 24.3 Å².